The van der Waals surface area contributed by atoms with Crippen LogP contribution in [0.5, 0.6) is 0 Å². The van der Waals surface area contributed by atoms with Crippen molar-refractivity contribution in [1.29, 1.82) is 0 Å². The van der Waals surface area contributed by atoms with E-state index < -0.39 is 0 Å². The van der Waals surface area contributed by atoms with Crippen LogP contribution in [0.2, 0.25) is 0 Å². The standard InChI is InChI=1S/C26H24N6OS/c33-22-12-6-14-31(22)15-7-13-27-25-23-26(32(17-28-23)18-8-2-1-3-9-18)30-24(29-25)20-16-34-21-11-5-4-10-19(20)21/h1-5,8-11,16-17H,6-7,12-15H2,(H,27,29,30). The summed E-state index contributed by atoms with van der Waals surface area (Å²) in [4.78, 5) is 28.4. The average Bonchev–Trinajstić information content (AvgIpc) is 3.60. The highest BCUT2D eigenvalue weighted by Crippen LogP contribution is 2.34. The Labute approximate surface area is 201 Å². The van der Waals surface area contributed by atoms with Crippen LogP contribution in [0, 0.1) is 0 Å². The number of fused-ring (bicyclic) bond motifs is 2. The highest BCUT2D eigenvalue weighted by atomic mass is 32.1. The smallest absolute Gasteiger partial charge is 0.222 e. The lowest BCUT2D eigenvalue weighted by atomic mass is 10.1. The Balaban J connectivity index is 1.38. The van der Waals surface area contributed by atoms with Gasteiger partial charge in [-0.15, -0.1) is 11.3 Å². The van der Waals surface area contributed by atoms with Crippen LogP contribution in [0.1, 0.15) is 19.3 Å². The number of para-hydroxylation sites is 1. The molecule has 2 aromatic carbocycles. The number of anilines is 1. The molecule has 1 aliphatic heterocycles. The maximum Gasteiger partial charge on any atom is 0.222 e. The van der Waals surface area contributed by atoms with Gasteiger partial charge in [0.25, 0.3) is 0 Å². The van der Waals surface area contributed by atoms with Crippen molar-refractivity contribution in [2.75, 3.05) is 25.0 Å². The Morgan fingerprint density at radius 3 is 2.74 bits per heavy atom. The minimum atomic E-state index is 0.262. The lowest BCUT2D eigenvalue weighted by Crippen LogP contribution is -2.27. The molecule has 4 heterocycles. The zero-order valence-electron chi connectivity index (χ0n) is 18.6. The molecule has 1 N–H and O–H groups in total. The Hall–Kier alpha value is -3.78. The Morgan fingerprint density at radius 2 is 1.88 bits per heavy atom. The van der Waals surface area contributed by atoms with Gasteiger partial charge in [0.15, 0.2) is 22.8 Å². The van der Waals surface area contributed by atoms with E-state index >= 15 is 0 Å². The third-order valence-electron chi connectivity index (χ3n) is 6.22. The normalized spacial score (nSPS) is 13.9. The highest BCUT2D eigenvalue weighted by Gasteiger charge is 2.20. The summed E-state index contributed by atoms with van der Waals surface area (Å²) in [6, 6.07) is 18.4. The number of aromatic nitrogens is 4. The SMILES string of the molecule is O=C1CCCN1CCCNc1nc(-c2csc3ccccc23)nc2c1ncn2-c1ccccc1. The molecule has 34 heavy (non-hydrogen) atoms. The predicted molar refractivity (Wildman–Crippen MR) is 136 cm³/mol. The first-order valence-corrected chi connectivity index (χ1v) is 12.4. The molecule has 6 rings (SSSR count). The van der Waals surface area contributed by atoms with Crippen LogP contribution in [0.4, 0.5) is 5.82 Å². The van der Waals surface area contributed by atoms with Crippen molar-refractivity contribution in [2.24, 2.45) is 0 Å². The number of hydrogen-bond acceptors (Lipinski definition) is 6. The van der Waals surface area contributed by atoms with Crippen molar-refractivity contribution in [1.82, 2.24) is 24.4 Å². The van der Waals surface area contributed by atoms with E-state index in [4.69, 9.17) is 9.97 Å². The van der Waals surface area contributed by atoms with Crippen LogP contribution in [0.25, 0.3) is 38.3 Å². The Morgan fingerprint density at radius 1 is 1.03 bits per heavy atom. The molecule has 0 radical (unpaired) electrons. The van der Waals surface area contributed by atoms with E-state index in [1.807, 2.05) is 45.9 Å². The largest absolute Gasteiger partial charge is 0.368 e. The number of carbonyl (C=O) groups is 1. The molecule has 3 aromatic heterocycles. The van der Waals surface area contributed by atoms with Gasteiger partial charge >= 0.3 is 0 Å². The quantitative estimate of drug-likeness (QED) is 0.336. The first-order valence-electron chi connectivity index (χ1n) is 11.6. The fourth-order valence-corrected chi connectivity index (χ4v) is 5.43. The lowest BCUT2D eigenvalue weighted by Gasteiger charge is -2.15. The summed E-state index contributed by atoms with van der Waals surface area (Å²) in [6.07, 6.45) is 4.30. The van der Waals surface area contributed by atoms with Gasteiger partial charge in [-0.3, -0.25) is 9.36 Å². The Kier molecular flexibility index (Phi) is 5.43. The van der Waals surface area contributed by atoms with Crippen molar-refractivity contribution >= 4 is 44.3 Å². The average molecular weight is 469 g/mol. The van der Waals surface area contributed by atoms with Crippen LogP contribution < -0.4 is 5.32 Å². The summed E-state index contributed by atoms with van der Waals surface area (Å²) < 4.78 is 3.21. The van der Waals surface area contributed by atoms with Crippen LogP contribution in [0.3, 0.4) is 0 Å². The summed E-state index contributed by atoms with van der Waals surface area (Å²) in [5, 5.41) is 6.75. The summed E-state index contributed by atoms with van der Waals surface area (Å²) in [5.41, 5.74) is 3.53. The fourth-order valence-electron chi connectivity index (χ4n) is 4.49. The third kappa shape index (κ3) is 3.80. The number of benzene rings is 2. The molecule has 170 valence electrons. The number of likely N-dealkylation sites (tertiary alicyclic amines) is 1. The van der Waals surface area contributed by atoms with Gasteiger partial charge in [0.05, 0.1) is 0 Å². The van der Waals surface area contributed by atoms with Crippen molar-refractivity contribution in [3.8, 4) is 17.1 Å². The highest BCUT2D eigenvalue weighted by molar-refractivity contribution is 7.17. The van der Waals surface area contributed by atoms with Gasteiger partial charge in [0.1, 0.15) is 6.33 Å². The predicted octanol–water partition coefficient (Wildman–Crippen LogP) is 5.12. The second-order valence-electron chi connectivity index (χ2n) is 8.43. The third-order valence-corrected chi connectivity index (χ3v) is 7.18. The topological polar surface area (TPSA) is 75.9 Å². The van der Waals surface area contributed by atoms with Gasteiger partial charge in [-0.2, -0.15) is 0 Å². The van der Waals surface area contributed by atoms with E-state index in [2.05, 4.69) is 33.9 Å². The number of carbonyl (C=O) groups excluding carboxylic acids is 1. The first-order chi connectivity index (χ1) is 16.8. The number of thiophene rings is 1. The first kappa shape index (κ1) is 20.8. The zero-order valence-corrected chi connectivity index (χ0v) is 19.5. The van der Waals surface area contributed by atoms with E-state index in [1.165, 1.54) is 4.70 Å². The summed E-state index contributed by atoms with van der Waals surface area (Å²) in [6.45, 7) is 2.34. The van der Waals surface area contributed by atoms with Gasteiger partial charge in [-0.25, -0.2) is 15.0 Å². The van der Waals surface area contributed by atoms with Crippen LogP contribution in [-0.2, 0) is 4.79 Å². The molecule has 0 saturated carbocycles. The number of imidazole rings is 1. The lowest BCUT2D eigenvalue weighted by molar-refractivity contribution is -0.127. The van der Waals surface area contributed by atoms with E-state index in [0.29, 0.717) is 18.8 Å². The molecule has 1 saturated heterocycles. The molecule has 0 bridgehead atoms. The number of hydrogen-bond donors (Lipinski definition) is 1. The van der Waals surface area contributed by atoms with Crippen molar-refractivity contribution < 1.29 is 4.79 Å². The van der Waals surface area contributed by atoms with Gasteiger partial charge in [-0.1, -0.05) is 36.4 Å². The van der Waals surface area contributed by atoms with Crippen LogP contribution in [0.15, 0.2) is 66.3 Å². The van der Waals surface area contributed by atoms with Gasteiger partial charge in [-0.05, 0) is 31.0 Å². The van der Waals surface area contributed by atoms with Crippen LogP contribution in [-0.4, -0.2) is 50.0 Å². The molecule has 1 aliphatic rings. The van der Waals surface area contributed by atoms with Gasteiger partial charge in [0, 0.05) is 52.8 Å². The number of rotatable bonds is 7. The molecule has 5 aromatic rings. The molecule has 0 aliphatic carbocycles. The van der Waals surface area contributed by atoms with E-state index in [1.54, 1.807) is 17.7 Å². The monoisotopic (exact) mass is 468 g/mol. The minimum Gasteiger partial charge on any atom is -0.368 e. The molecular formula is C26H24N6OS. The molecule has 1 fully saturated rings. The van der Waals surface area contributed by atoms with Crippen molar-refractivity contribution in [3.63, 3.8) is 0 Å². The molecule has 0 atom stereocenters. The Bertz CT molecular complexity index is 1480. The van der Waals surface area contributed by atoms with Gasteiger partial charge < -0.3 is 10.2 Å². The van der Waals surface area contributed by atoms with E-state index in [0.717, 1.165) is 59.5 Å². The fraction of sp³-hybridized carbons (Fsp3) is 0.231. The van der Waals surface area contributed by atoms with E-state index in [-0.39, 0.29) is 5.91 Å². The maximum absolute atomic E-state index is 11.9. The molecule has 0 spiro atoms. The summed E-state index contributed by atoms with van der Waals surface area (Å²) in [7, 11) is 0. The maximum atomic E-state index is 11.9. The van der Waals surface area contributed by atoms with Crippen molar-refractivity contribution in [2.45, 2.75) is 19.3 Å². The minimum absolute atomic E-state index is 0.262. The van der Waals surface area contributed by atoms with Crippen molar-refractivity contribution in [3.05, 3.63) is 66.3 Å². The zero-order chi connectivity index (χ0) is 22.9. The molecule has 0 unspecified atom stereocenters. The summed E-state index contributed by atoms with van der Waals surface area (Å²) >= 11 is 1.70. The molecule has 7 nitrogen and oxygen atoms in total. The second kappa shape index (κ2) is 8.87. The van der Waals surface area contributed by atoms with Gasteiger partial charge in [0.2, 0.25) is 5.91 Å². The molecule has 8 heteroatoms. The van der Waals surface area contributed by atoms with Crippen LogP contribution >= 0.6 is 11.3 Å². The second-order valence-corrected chi connectivity index (χ2v) is 9.34. The number of nitrogens with one attached hydrogen (secondary N) is 1. The molecule has 1 amide bonds. The number of nitrogens with zero attached hydrogens (tertiary/aromatic N) is 5. The molecular weight excluding hydrogens is 444 g/mol. The van der Waals surface area contributed by atoms with E-state index in [9.17, 15) is 4.79 Å². The summed E-state index contributed by atoms with van der Waals surface area (Å²) in [5.74, 6) is 1.66. The number of amides is 1.